The van der Waals surface area contributed by atoms with Crippen LogP contribution in [0.2, 0.25) is 18.6 Å². The number of anilines is 2. The van der Waals surface area contributed by atoms with E-state index in [9.17, 15) is 14.7 Å². The first kappa shape index (κ1) is 21.4. The van der Waals surface area contributed by atoms with Gasteiger partial charge >= 0.3 is 0 Å². The van der Waals surface area contributed by atoms with Gasteiger partial charge in [-0.25, -0.2) is 0 Å². The minimum Gasteiger partial charge on any atom is -0.396 e. The van der Waals surface area contributed by atoms with Crippen molar-refractivity contribution in [3.63, 3.8) is 0 Å². The topological polar surface area (TPSA) is 82.1 Å². The molecule has 0 aliphatic carbocycles. The van der Waals surface area contributed by atoms with Gasteiger partial charge in [0.15, 0.2) is 5.60 Å². The third-order valence-corrected chi connectivity index (χ3v) is 9.35. The fourth-order valence-electron chi connectivity index (χ4n) is 5.59. The molecule has 0 radical (unpaired) electrons. The van der Waals surface area contributed by atoms with Crippen LogP contribution in [0.4, 0.5) is 15.5 Å². The molecule has 4 atom stereocenters. The lowest BCUT2D eigenvalue weighted by Crippen LogP contribution is -2.48. The number of carbonyl (C=O) groups excluding carboxylic acids is 2. The number of ether oxygens (including phenoxy) is 1. The summed E-state index contributed by atoms with van der Waals surface area (Å²) in [5, 5.41) is 12.6. The monoisotopic (exact) mass is 435 g/mol. The van der Waals surface area contributed by atoms with Crippen molar-refractivity contribution in [3.8, 4) is 0 Å². The zero-order valence-electron chi connectivity index (χ0n) is 17.9. The van der Waals surface area contributed by atoms with Gasteiger partial charge in [-0.3, -0.25) is 9.59 Å². The molecule has 7 nitrogen and oxygen atoms in total. The number of carbonyl (C=O) groups is 2. The Morgan fingerprint density at radius 1 is 1.37 bits per heavy atom. The fraction of sp³-hybridized carbons (Fsp3) is 0.619. The third kappa shape index (κ3) is 3.02. The van der Waals surface area contributed by atoms with Gasteiger partial charge in [-0.05, 0) is 37.7 Å². The molecule has 4 rings (SSSR count). The van der Waals surface area contributed by atoms with Gasteiger partial charge in [0.25, 0.3) is 5.91 Å². The Labute approximate surface area is 177 Å². The number of aliphatic hydroxyl groups excluding tert-OH is 1. The van der Waals surface area contributed by atoms with E-state index in [0.717, 1.165) is 11.4 Å². The van der Waals surface area contributed by atoms with E-state index in [0.29, 0.717) is 25.1 Å². The first-order valence-electron chi connectivity index (χ1n) is 10.5. The van der Waals surface area contributed by atoms with E-state index >= 15 is 4.11 Å². The number of halogens is 1. The summed E-state index contributed by atoms with van der Waals surface area (Å²) in [6.07, 6.45) is -0.233. The van der Waals surface area contributed by atoms with Crippen LogP contribution in [-0.2, 0) is 19.9 Å². The summed E-state index contributed by atoms with van der Waals surface area (Å²) in [6.45, 7) is 6.56. The normalized spacial score (nSPS) is 31.7. The van der Waals surface area contributed by atoms with Gasteiger partial charge in [0.1, 0.15) is 0 Å². The number of nitrogens with one attached hydrogen (secondary N) is 1. The number of amides is 2. The second-order valence-corrected chi connectivity index (χ2v) is 12.9. The van der Waals surface area contributed by atoms with Gasteiger partial charge in [0.05, 0.1) is 18.3 Å². The maximum Gasteiger partial charge on any atom is 0.264 e. The first-order chi connectivity index (χ1) is 14.1. The molecule has 1 aromatic rings. The number of aliphatic hydroxyl groups is 1. The lowest BCUT2D eigenvalue weighted by Gasteiger charge is -2.32. The number of nitrogens with zero attached hydrogens (tertiary/aromatic N) is 2. The Morgan fingerprint density at radius 3 is 2.73 bits per heavy atom. The van der Waals surface area contributed by atoms with E-state index in [4.69, 9.17) is 4.74 Å². The third-order valence-electron chi connectivity index (χ3n) is 6.89. The molecule has 2 saturated heterocycles. The van der Waals surface area contributed by atoms with Crippen LogP contribution < -0.4 is 15.1 Å². The quantitative estimate of drug-likeness (QED) is 0.556. The molecule has 2 N–H and O–H groups in total. The van der Waals surface area contributed by atoms with E-state index in [2.05, 4.69) is 5.32 Å². The zero-order chi connectivity index (χ0) is 21.8. The highest BCUT2D eigenvalue weighted by atomic mass is 28.4. The number of benzene rings is 1. The second-order valence-electron chi connectivity index (χ2n) is 9.07. The zero-order valence-corrected chi connectivity index (χ0v) is 18.9. The standard InChI is InChI=1S/C21H30FN3O4Si/c1-13-19(30(3,4)22)17(7-10-26)29-21(13)15-11-14(25-9-8-23-12-18(25)27)5-6-16(15)24(2)20(21)28/h5-6,11,13,17,19,23,26H,7-10,12H2,1-4H3/t13-,17+,19-,21+/m1/s1. The van der Waals surface area contributed by atoms with Crippen LogP contribution in [0.25, 0.3) is 0 Å². The van der Waals surface area contributed by atoms with Crippen LogP contribution in [0.1, 0.15) is 18.9 Å². The Morgan fingerprint density at radius 2 is 2.10 bits per heavy atom. The highest BCUT2D eigenvalue weighted by Gasteiger charge is 2.66. The van der Waals surface area contributed by atoms with Crippen LogP contribution in [0.15, 0.2) is 18.2 Å². The largest absolute Gasteiger partial charge is 0.396 e. The Hall–Kier alpha value is -1.81. The van der Waals surface area contributed by atoms with Crippen LogP contribution in [0, 0.1) is 5.92 Å². The van der Waals surface area contributed by atoms with Crippen molar-refractivity contribution >= 4 is 31.6 Å². The van der Waals surface area contributed by atoms with Gasteiger partial charge in [0, 0.05) is 49.5 Å². The summed E-state index contributed by atoms with van der Waals surface area (Å²) in [7, 11) is -1.49. The maximum absolute atomic E-state index is 15.4. The predicted molar refractivity (Wildman–Crippen MR) is 115 cm³/mol. The Kier molecular flexibility index (Phi) is 5.29. The van der Waals surface area contributed by atoms with Gasteiger partial charge in [0.2, 0.25) is 14.3 Å². The van der Waals surface area contributed by atoms with E-state index in [1.165, 1.54) is 0 Å². The van der Waals surface area contributed by atoms with Crippen molar-refractivity contribution in [1.29, 1.82) is 0 Å². The smallest absolute Gasteiger partial charge is 0.264 e. The Bertz CT molecular complexity index is 876. The molecule has 1 aromatic carbocycles. The van der Waals surface area contributed by atoms with E-state index in [-0.39, 0.29) is 30.9 Å². The molecule has 30 heavy (non-hydrogen) atoms. The number of hydrogen-bond acceptors (Lipinski definition) is 5. The summed E-state index contributed by atoms with van der Waals surface area (Å²) in [6, 6.07) is 5.55. The Balaban J connectivity index is 1.83. The molecule has 3 heterocycles. The van der Waals surface area contributed by atoms with E-state index in [1.54, 1.807) is 29.9 Å². The molecule has 0 aromatic heterocycles. The molecule has 0 saturated carbocycles. The minimum atomic E-state index is -3.19. The second kappa shape index (κ2) is 7.40. The van der Waals surface area contributed by atoms with Gasteiger partial charge in [-0.2, -0.15) is 0 Å². The molecular weight excluding hydrogens is 405 g/mol. The number of piperazine rings is 1. The first-order valence-corrected chi connectivity index (χ1v) is 13.5. The maximum atomic E-state index is 15.4. The van der Waals surface area contributed by atoms with E-state index < -0.39 is 25.7 Å². The minimum absolute atomic E-state index is 0.0263. The van der Waals surface area contributed by atoms with Crippen molar-refractivity contribution in [2.45, 2.75) is 43.7 Å². The summed E-state index contributed by atoms with van der Waals surface area (Å²) < 4.78 is 21.8. The van der Waals surface area contributed by atoms with Crippen LogP contribution in [-0.4, -0.2) is 64.7 Å². The molecule has 3 aliphatic heterocycles. The summed E-state index contributed by atoms with van der Waals surface area (Å²) >= 11 is 0. The van der Waals surface area contributed by atoms with Gasteiger partial charge < -0.3 is 29.1 Å². The number of rotatable bonds is 4. The SMILES string of the molecule is C[C@@H]1[C@@H]([Si](C)(C)F)[C@H](CCO)O[C@@]12C(=O)N(C)c1ccc(N3CCNCC3=O)cc12. The molecule has 164 valence electrons. The average molecular weight is 436 g/mol. The number of hydrogen-bond donors (Lipinski definition) is 2. The van der Waals surface area contributed by atoms with Crippen molar-refractivity contribution in [2.75, 3.05) is 43.1 Å². The molecule has 2 fully saturated rings. The molecule has 2 amide bonds. The summed E-state index contributed by atoms with van der Waals surface area (Å²) in [5.74, 6) is -0.620. The van der Waals surface area contributed by atoms with Gasteiger partial charge in [-0.1, -0.05) is 6.92 Å². The molecule has 0 unspecified atom stereocenters. The average Bonchev–Trinajstić information content (AvgIpc) is 3.10. The van der Waals surface area contributed by atoms with Crippen molar-refractivity contribution in [3.05, 3.63) is 23.8 Å². The summed E-state index contributed by atoms with van der Waals surface area (Å²) in [5.41, 5.74) is 0.419. The molecule has 0 bridgehead atoms. The van der Waals surface area contributed by atoms with Crippen LogP contribution in [0.3, 0.4) is 0 Å². The fourth-order valence-corrected chi connectivity index (χ4v) is 8.13. The predicted octanol–water partition coefficient (Wildman–Crippen LogP) is 1.76. The highest BCUT2D eigenvalue weighted by Crippen LogP contribution is 2.60. The lowest BCUT2D eigenvalue weighted by molar-refractivity contribution is -0.146. The van der Waals surface area contributed by atoms with E-state index in [1.807, 2.05) is 25.1 Å². The number of fused-ring (bicyclic) bond motifs is 2. The molecule has 3 aliphatic rings. The van der Waals surface area contributed by atoms with Crippen LogP contribution in [0.5, 0.6) is 0 Å². The molecular formula is C21H30FN3O4Si. The summed E-state index contributed by atoms with van der Waals surface area (Å²) in [4.78, 5) is 29.2. The number of likely N-dealkylation sites (N-methyl/N-ethyl adjacent to an activating group) is 1. The highest BCUT2D eigenvalue weighted by molar-refractivity contribution is 6.72. The van der Waals surface area contributed by atoms with Gasteiger partial charge in [-0.15, -0.1) is 0 Å². The van der Waals surface area contributed by atoms with Crippen LogP contribution >= 0.6 is 0 Å². The molecule has 9 heteroatoms. The van der Waals surface area contributed by atoms with Crippen molar-refractivity contribution in [2.24, 2.45) is 5.92 Å². The molecule has 1 spiro atoms. The van der Waals surface area contributed by atoms with Crippen molar-refractivity contribution < 1.29 is 23.5 Å². The van der Waals surface area contributed by atoms with Crippen molar-refractivity contribution in [1.82, 2.24) is 5.32 Å². The lowest BCUT2D eigenvalue weighted by atomic mass is 9.82.